The number of ether oxygens (including phenoxy) is 1. The maximum absolute atomic E-state index is 11.9. The average molecular weight is 493 g/mol. The summed E-state index contributed by atoms with van der Waals surface area (Å²) in [5.74, 6) is 0.0174. The zero-order valence-electron chi connectivity index (χ0n) is 24.3. The maximum atomic E-state index is 11.9. The van der Waals surface area contributed by atoms with E-state index in [1.54, 1.807) is 0 Å². The quantitative estimate of drug-likeness (QED) is 0.0589. The number of carbonyl (C=O) groups is 1. The van der Waals surface area contributed by atoms with E-state index < -0.39 is 0 Å². The summed E-state index contributed by atoms with van der Waals surface area (Å²) in [6.07, 6.45) is 39.7. The van der Waals surface area contributed by atoms with E-state index >= 15 is 0 Å². The Morgan fingerprint density at radius 1 is 0.457 bits per heavy atom. The minimum absolute atomic E-state index is 0.0174. The summed E-state index contributed by atoms with van der Waals surface area (Å²) in [4.78, 5) is 11.9. The molecular weight excluding hydrogens is 428 g/mol. The van der Waals surface area contributed by atoms with Gasteiger partial charge in [-0.15, -0.1) is 0 Å². The minimum atomic E-state index is 0.0174. The second-order valence-corrected chi connectivity index (χ2v) is 10.8. The number of hydrogen-bond donors (Lipinski definition) is 0. The van der Waals surface area contributed by atoms with Crippen molar-refractivity contribution in [2.45, 2.75) is 187 Å². The third-order valence-corrected chi connectivity index (χ3v) is 7.15. The Bertz CT molecular complexity index is 429. The standard InChI is InChI=1S/C33H64O2/c1-3-5-7-9-11-13-15-17-19-21-23-25-27-29-31-33(34)35-32-30-28-26-24-22-20-18-16-14-12-10-8-6-4-2/h13,15H,3-12,14,16-32H2,1-2H3/b15-13-. The van der Waals surface area contributed by atoms with Crippen LogP contribution in [0.4, 0.5) is 0 Å². The lowest BCUT2D eigenvalue weighted by molar-refractivity contribution is -0.143. The number of carbonyl (C=O) groups excluding carboxylic acids is 1. The smallest absolute Gasteiger partial charge is 0.305 e. The molecule has 0 aliphatic heterocycles. The van der Waals surface area contributed by atoms with E-state index in [0.29, 0.717) is 13.0 Å². The van der Waals surface area contributed by atoms with Gasteiger partial charge in [0.25, 0.3) is 0 Å². The van der Waals surface area contributed by atoms with Crippen LogP contribution >= 0.6 is 0 Å². The van der Waals surface area contributed by atoms with Gasteiger partial charge in [0.2, 0.25) is 0 Å². The zero-order chi connectivity index (χ0) is 25.5. The molecule has 0 aliphatic carbocycles. The van der Waals surface area contributed by atoms with Gasteiger partial charge in [-0.1, -0.05) is 154 Å². The SMILES string of the molecule is CCCCCC/C=C\CCCCCCCCC(=O)OCCCCCCCCCCCCCCCC. The van der Waals surface area contributed by atoms with Crippen LogP contribution in [-0.4, -0.2) is 12.6 Å². The van der Waals surface area contributed by atoms with E-state index in [2.05, 4.69) is 26.0 Å². The Labute approximate surface area is 221 Å². The van der Waals surface area contributed by atoms with Crippen molar-refractivity contribution in [3.8, 4) is 0 Å². The topological polar surface area (TPSA) is 26.3 Å². The first kappa shape index (κ1) is 34.2. The summed E-state index contributed by atoms with van der Waals surface area (Å²) in [6.45, 7) is 5.18. The molecule has 0 bridgehead atoms. The highest BCUT2D eigenvalue weighted by molar-refractivity contribution is 5.69. The van der Waals surface area contributed by atoms with Crippen molar-refractivity contribution >= 4 is 5.97 Å². The molecule has 0 amide bonds. The second-order valence-electron chi connectivity index (χ2n) is 10.8. The first-order chi connectivity index (χ1) is 17.3. The van der Waals surface area contributed by atoms with E-state index in [0.717, 1.165) is 12.8 Å². The summed E-state index contributed by atoms with van der Waals surface area (Å²) in [7, 11) is 0. The van der Waals surface area contributed by atoms with Crippen LogP contribution in [-0.2, 0) is 9.53 Å². The fourth-order valence-electron chi connectivity index (χ4n) is 4.72. The minimum Gasteiger partial charge on any atom is -0.466 e. The molecule has 0 N–H and O–H groups in total. The molecule has 208 valence electrons. The van der Waals surface area contributed by atoms with Crippen LogP contribution in [0.3, 0.4) is 0 Å². The van der Waals surface area contributed by atoms with Crippen LogP contribution in [0.5, 0.6) is 0 Å². The Kier molecular flexibility index (Phi) is 30.5. The Hall–Kier alpha value is -0.790. The van der Waals surface area contributed by atoms with Gasteiger partial charge < -0.3 is 4.74 Å². The van der Waals surface area contributed by atoms with E-state index in [-0.39, 0.29) is 5.97 Å². The highest BCUT2D eigenvalue weighted by Gasteiger charge is 2.02. The molecule has 0 rings (SSSR count). The van der Waals surface area contributed by atoms with Crippen molar-refractivity contribution in [2.75, 3.05) is 6.61 Å². The summed E-state index contributed by atoms with van der Waals surface area (Å²) in [5.41, 5.74) is 0. The third kappa shape index (κ3) is 31.2. The molecule has 0 saturated carbocycles. The van der Waals surface area contributed by atoms with E-state index in [4.69, 9.17) is 4.74 Å². The molecule has 0 aliphatic rings. The Balaban J connectivity index is 3.18. The molecule has 0 aromatic heterocycles. The molecule has 0 fully saturated rings. The van der Waals surface area contributed by atoms with Crippen LogP contribution < -0.4 is 0 Å². The molecule has 0 atom stereocenters. The fraction of sp³-hybridized carbons (Fsp3) is 0.909. The Morgan fingerprint density at radius 3 is 1.26 bits per heavy atom. The second kappa shape index (κ2) is 31.2. The van der Waals surface area contributed by atoms with Gasteiger partial charge in [0.05, 0.1) is 6.61 Å². The van der Waals surface area contributed by atoms with Gasteiger partial charge in [0, 0.05) is 6.42 Å². The van der Waals surface area contributed by atoms with Crippen molar-refractivity contribution < 1.29 is 9.53 Å². The van der Waals surface area contributed by atoms with E-state index in [1.165, 1.54) is 154 Å². The van der Waals surface area contributed by atoms with Gasteiger partial charge in [0.1, 0.15) is 0 Å². The van der Waals surface area contributed by atoms with E-state index in [9.17, 15) is 4.79 Å². The molecule has 0 spiro atoms. The van der Waals surface area contributed by atoms with Crippen LogP contribution in [0.2, 0.25) is 0 Å². The predicted molar refractivity (Wildman–Crippen MR) is 156 cm³/mol. The normalized spacial score (nSPS) is 11.5. The van der Waals surface area contributed by atoms with Crippen molar-refractivity contribution in [3.05, 3.63) is 12.2 Å². The first-order valence-electron chi connectivity index (χ1n) is 16.1. The van der Waals surface area contributed by atoms with E-state index in [1.807, 2.05) is 0 Å². The average Bonchev–Trinajstić information content (AvgIpc) is 2.86. The lowest BCUT2D eigenvalue weighted by atomic mass is 10.0. The molecular formula is C33H64O2. The first-order valence-corrected chi connectivity index (χ1v) is 16.1. The number of rotatable bonds is 29. The van der Waals surface area contributed by atoms with Crippen molar-refractivity contribution in [2.24, 2.45) is 0 Å². The van der Waals surface area contributed by atoms with Crippen LogP contribution in [0, 0.1) is 0 Å². The predicted octanol–water partition coefficient (Wildman–Crippen LogP) is 11.7. The van der Waals surface area contributed by atoms with Gasteiger partial charge in [0.15, 0.2) is 0 Å². The highest BCUT2D eigenvalue weighted by atomic mass is 16.5. The van der Waals surface area contributed by atoms with Gasteiger partial charge in [-0.3, -0.25) is 4.79 Å². The van der Waals surface area contributed by atoms with Crippen molar-refractivity contribution in [3.63, 3.8) is 0 Å². The molecule has 35 heavy (non-hydrogen) atoms. The third-order valence-electron chi connectivity index (χ3n) is 7.15. The van der Waals surface area contributed by atoms with Crippen molar-refractivity contribution in [1.29, 1.82) is 0 Å². The molecule has 0 radical (unpaired) electrons. The Morgan fingerprint density at radius 2 is 0.800 bits per heavy atom. The molecule has 0 unspecified atom stereocenters. The van der Waals surface area contributed by atoms with Crippen molar-refractivity contribution in [1.82, 2.24) is 0 Å². The summed E-state index contributed by atoms with van der Waals surface area (Å²) in [5, 5.41) is 0. The summed E-state index contributed by atoms with van der Waals surface area (Å²) < 4.78 is 5.42. The lowest BCUT2D eigenvalue weighted by Gasteiger charge is -2.05. The monoisotopic (exact) mass is 492 g/mol. The van der Waals surface area contributed by atoms with Crippen LogP contribution in [0.25, 0.3) is 0 Å². The molecule has 2 heteroatoms. The van der Waals surface area contributed by atoms with Gasteiger partial charge in [-0.2, -0.15) is 0 Å². The molecule has 0 saturated heterocycles. The number of unbranched alkanes of at least 4 members (excludes halogenated alkanes) is 23. The zero-order valence-corrected chi connectivity index (χ0v) is 24.3. The largest absolute Gasteiger partial charge is 0.466 e. The molecule has 0 heterocycles. The van der Waals surface area contributed by atoms with Crippen LogP contribution in [0.15, 0.2) is 12.2 Å². The maximum Gasteiger partial charge on any atom is 0.305 e. The molecule has 2 nitrogen and oxygen atoms in total. The molecule has 0 aromatic carbocycles. The summed E-state index contributed by atoms with van der Waals surface area (Å²) >= 11 is 0. The van der Waals surface area contributed by atoms with Gasteiger partial charge >= 0.3 is 5.97 Å². The van der Waals surface area contributed by atoms with Crippen LogP contribution in [0.1, 0.15) is 187 Å². The highest BCUT2D eigenvalue weighted by Crippen LogP contribution is 2.13. The number of esters is 1. The fourth-order valence-corrected chi connectivity index (χ4v) is 4.72. The lowest BCUT2D eigenvalue weighted by Crippen LogP contribution is -2.05. The van der Waals surface area contributed by atoms with Gasteiger partial charge in [-0.05, 0) is 38.5 Å². The van der Waals surface area contributed by atoms with Gasteiger partial charge in [-0.25, -0.2) is 0 Å². The summed E-state index contributed by atoms with van der Waals surface area (Å²) in [6, 6.07) is 0. The number of hydrogen-bond acceptors (Lipinski definition) is 2. The number of allylic oxidation sites excluding steroid dienone is 2. The molecule has 0 aromatic rings.